The molecule has 174 valence electrons. The minimum atomic E-state index is -0.624. The first-order valence-corrected chi connectivity index (χ1v) is 11.6. The zero-order chi connectivity index (χ0) is 23.7. The summed E-state index contributed by atoms with van der Waals surface area (Å²) in [6.07, 6.45) is 0. The van der Waals surface area contributed by atoms with Crippen molar-refractivity contribution >= 4 is 0 Å². The van der Waals surface area contributed by atoms with Crippen molar-refractivity contribution < 1.29 is 18.9 Å². The fourth-order valence-corrected chi connectivity index (χ4v) is 4.33. The van der Waals surface area contributed by atoms with E-state index in [0.717, 1.165) is 22.6 Å². The van der Waals surface area contributed by atoms with Gasteiger partial charge in [0.1, 0.15) is 11.5 Å². The molecule has 2 aromatic carbocycles. The molecular formula is C28H38O4. The molecule has 32 heavy (non-hydrogen) atoms. The van der Waals surface area contributed by atoms with Crippen LogP contribution in [-0.2, 0) is 33.5 Å². The molecule has 0 unspecified atom stereocenters. The molecule has 4 heteroatoms. The highest BCUT2D eigenvalue weighted by Crippen LogP contribution is 2.46. The lowest BCUT2D eigenvalue weighted by Crippen LogP contribution is -2.37. The van der Waals surface area contributed by atoms with Crippen molar-refractivity contribution in [1.82, 2.24) is 0 Å². The van der Waals surface area contributed by atoms with E-state index in [1.54, 1.807) is 0 Å². The highest BCUT2D eigenvalue weighted by molar-refractivity contribution is 5.72. The molecule has 2 aliphatic heterocycles. The number of fused-ring (bicyclic) bond motifs is 2. The molecule has 0 aromatic heterocycles. The molecule has 4 rings (SSSR count). The second-order valence-corrected chi connectivity index (χ2v) is 12.1. The number of ether oxygens (including phenoxy) is 4. The zero-order valence-corrected chi connectivity index (χ0v) is 21.4. The lowest BCUT2D eigenvalue weighted by molar-refractivity contribution is -0.181. The Balaban J connectivity index is 1.91. The first kappa shape index (κ1) is 23.1. The van der Waals surface area contributed by atoms with Gasteiger partial charge in [0.2, 0.25) is 11.6 Å². The topological polar surface area (TPSA) is 36.9 Å². The van der Waals surface area contributed by atoms with E-state index in [4.69, 9.17) is 18.9 Å². The summed E-state index contributed by atoms with van der Waals surface area (Å²) in [6, 6.07) is 8.98. The molecule has 0 saturated carbocycles. The van der Waals surface area contributed by atoms with Gasteiger partial charge in [0.15, 0.2) is 0 Å². The Kier molecular flexibility index (Phi) is 5.23. The molecule has 0 spiro atoms. The maximum absolute atomic E-state index is 6.30. The Morgan fingerprint density at radius 2 is 0.938 bits per heavy atom. The van der Waals surface area contributed by atoms with Crippen molar-refractivity contribution in [1.29, 1.82) is 0 Å². The average Bonchev–Trinajstić information content (AvgIpc) is 2.63. The molecule has 2 aliphatic rings. The fraction of sp³-hybridized carbons (Fsp3) is 0.571. The molecule has 0 fully saturated rings. The van der Waals surface area contributed by atoms with Crippen LogP contribution in [0.15, 0.2) is 24.3 Å². The largest absolute Gasteiger partial charge is 0.462 e. The Morgan fingerprint density at radius 3 is 1.25 bits per heavy atom. The molecule has 0 amide bonds. The van der Waals surface area contributed by atoms with Crippen molar-refractivity contribution in [2.24, 2.45) is 0 Å². The van der Waals surface area contributed by atoms with Crippen LogP contribution in [-0.4, -0.2) is 11.6 Å². The number of hydrogen-bond acceptors (Lipinski definition) is 4. The Bertz CT molecular complexity index is 963. The van der Waals surface area contributed by atoms with Gasteiger partial charge in [0.05, 0.1) is 13.2 Å². The van der Waals surface area contributed by atoms with Crippen LogP contribution in [0.25, 0.3) is 11.1 Å². The zero-order valence-electron chi connectivity index (χ0n) is 21.4. The first-order valence-electron chi connectivity index (χ1n) is 11.6. The first-order chi connectivity index (χ1) is 14.6. The van der Waals surface area contributed by atoms with E-state index in [2.05, 4.69) is 65.8 Å². The van der Waals surface area contributed by atoms with Gasteiger partial charge in [-0.3, -0.25) is 0 Å². The van der Waals surface area contributed by atoms with E-state index in [1.165, 1.54) is 22.3 Å². The summed E-state index contributed by atoms with van der Waals surface area (Å²) >= 11 is 0. The highest BCUT2D eigenvalue weighted by atomic mass is 16.7. The van der Waals surface area contributed by atoms with Crippen LogP contribution in [0.5, 0.6) is 11.5 Å². The predicted octanol–water partition coefficient (Wildman–Crippen LogP) is 7.24. The molecule has 0 bridgehead atoms. The van der Waals surface area contributed by atoms with E-state index in [1.807, 2.05) is 27.7 Å². The Labute approximate surface area is 193 Å². The minimum Gasteiger partial charge on any atom is -0.462 e. The van der Waals surface area contributed by atoms with Crippen LogP contribution < -0.4 is 9.47 Å². The highest BCUT2D eigenvalue weighted by Gasteiger charge is 2.35. The van der Waals surface area contributed by atoms with E-state index in [9.17, 15) is 0 Å². The van der Waals surface area contributed by atoms with Crippen LogP contribution in [0, 0.1) is 0 Å². The molecule has 2 aromatic rings. The van der Waals surface area contributed by atoms with Crippen LogP contribution in [0.4, 0.5) is 0 Å². The van der Waals surface area contributed by atoms with Gasteiger partial charge in [-0.15, -0.1) is 0 Å². The van der Waals surface area contributed by atoms with Crippen LogP contribution in [0.3, 0.4) is 0 Å². The number of rotatable bonds is 1. The number of hydrogen-bond donors (Lipinski definition) is 0. The summed E-state index contributed by atoms with van der Waals surface area (Å²) < 4.78 is 24.6. The van der Waals surface area contributed by atoms with Gasteiger partial charge in [-0.2, -0.15) is 0 Å². The van der Waals surface area contributed by atoms with Gasteiger partial charge < -0.3 is 18.9 Å². The van der Waals surface area contributed by atoms with Gasteiger partial charge in [-0.1, -0.05) is 41.5 Å². The molecule has 0 saturated heterocycles. The smallest absolute Gasteiger partial charge is 0.205 e. The van der Waals surface area contributed by atoms with Crippen LogP contribution >= 0.6 is 0 Å². The van der Waals surface area contributed by atoms with Crippen LogP contribution in [0.2, 0.25) is 0 Å². The van der Waals surface area contributed by atoms with Crippen molar-refractivity contribution in [2.75, 3.05) is 0 Å². The third kappa shape index (κ3) is 4.40. The summed E-state index contributed by atoms with van der Waals surface area (Å²) in [6.45, 7) is 22.3. The van der Waals surface area contributed by atoms with Gasteiger partial charge in [-0.25, -0.2) is 0 Å². The summed E-state index contributed by atoms with van der Waals surface area (Å²) in [5.41, 5.74) is 6.79. The lowest BCUT2D eigenvalue weighted by Gasteiger charge is -2.37. The molecule has 0 N–H and O–H groups in total. The minimum absolute atomic E-state index is 0.0647. The monoisotopic (exact) mass is 438 g/mol. The number of benzene rings is 2. The SMILES string of the molecule is CC1(C)OCc2cc(-c3cc4c(c(C(C)(C)C)c3)OC(C)(C)OC4)cc(C(C)(C)C)c2O1. The van der Waals surface area contributed by atoms with E-state index >= 15 is 0 Å². The Hall–Kier alpha value is -2.04. The molecule has 4 nitrogen and oxygen atoms in total. The van der Waals surface area contributed by atoms with Gasteiger partial charge >= 0.3 is 0 Å². The molecule has 0 aliphatic carbocycles. The predicted molar refractivity (Wildman–Crippen MR) is 128 cm³/mol. The molecular weight excluding hydrogens is 400 g/mol. The van der Waals surface area contributed by atoms with Crippen LogP contribution in [0.1, 0.15) is 91.5 Å². The lowest BCUT2D eigenvalue weighted by atomic mass is 9.80. The van der Waals surface area contributed by atoms with E-state index < -0.39 is 11.6 Å². The standard InChI is InChI=1S/C28H38O4/c1-25(2,3)21-13-17(11-19-15-29-27(7,8)31-23(19)21)18-12-20-16-30-28(9,10)32-24(20)22(14-18)26(4,5)6/h11-14H,15-16H2,1-10H3. The van der Waals surface area contributed by atoms with E-state index in [-0.39, 0.29) is 10.8 Å². The third-order valence-corrected chi connectivity index (χ3v) is 6.13. The molecule has 2 heterocycles. The van der Waals surface area contributed by atoms with Gasteiger partial charge in [-0.05, 0) is 46.2 Å². The second kappa shape index (κ2) is 7.23. The third-order valence-electron chi connectivity index (χ3n) is 6.13. The normalized spacial score (nSPS) is 19.4. The maximum atomic E-state index is 6.30. The van der Waals surface area contributed by atoms with Gasteiger partial charge in [0.25, 0.3) is 0 Å². The summed E-state index contributed by atoms with van der Waals surface area (Å²) in [4.78, 5) is 0. The van der Waals surface area contributed by atoms with E-state index in [0.29, 0.717) is 13.2 Å². The average molecular weight is 439 g/mol. The second-order valence-electron chi connectivity index (χ2n) is 12.1. The van der Waals surface area contributed by atoms with Crippen molar-refractivity contribution in [3.63, 3.8) is 0 Å². The van der Waals surface area contributed by atoms with Crippen molar-refractivity contribution in [3.8, 4) is 22.6 Å². The summed E-state index contributed by atoms with van der Waals surface area (Å²) in [5, 5.41) is 0. The molecule has 0 atom stereocenters. The fourth-order valence-electron chi connectivity index (χ4n) is 4.33. The maximum Gasteiger partial charge on any atom is 0.205 e. The van der Waals surface area contributed by atoms with Crippen molar-refractivity contribution in [3.05, 3.63) is 46.5 Å². The quantitative estimate of drug-likeness (QED) is 0.470. The summed E-state index contributed by atoms with van der Waals surface area (Å²) in [5.74, 6) is 0.669. The Morgan fingerprint density at radius 1 is 0.594 bits per heavy atom. The van der Waals surface area contributed by atoms with Gasteiger partial charge in [0, 0.05) is 49.9 Å². The summed E-state index contributed by atoms with van der Waals surface area (Å²) in [7, 11) is 0. The van der Waals surface area contributed by atoms with Crippen molar-refractivity contribution in [2.45, 2.75) is 105 Å². The molecule has 0 radical (unpaired) electrons.